The van der Waals surface area contributed by atoms with Crippen molar-refractivity contribution >= 4 is 0 Å². The molecule has 0 saturated carbocycles. The Morgan fingerprint density at radius 1 is 1.41 bits per heavy atom. The standard InChI is InChI=1S/C15H23NO/c1-10(2)15(9-17)16-14-7-6-12-5-4-11(3)8-13(12)14/h4-5,8,10,14-17H,6-7,9H2,1-3H3/t14?,15-/m1/s1. The minimum absolute atomic E-state index is 0.200. The molecule has 2 N–H and O–H groups in total. The molecule has 1 aromatic rings. The molecule has 1 aliphatic rings. The van der Waals surface area contributed by atoms with Gasteiger partial charge >= 0.3 is 0 Å². The number of nitrogens with one attached hydrogen (secondary N) is 1. The molecular weight excluding hydrogens is 210 g/mol. The van der Waals surface area contributed by atoms with E-state index in [1.54, 1.807) is 0 Å². The third-order valence-electron chi connectivity index (χ3n) is 3.80. The van der Waals surface area contributed by atoms with E-state index < -0.39 is 0 Å². The largest absolute Gasteiger partial charge is 0.395 e. The van der Waals surface area contributed by atoms with Crippen molar-refractivity contribution in [3.8, 4) is 0 Å². The molecule has 0 aromatic heterocycles. The van der Waals surface area contributed by atoms with Gasteiger partial charge in [0.2, 0.25) is 0 Å². The molecule has 17 heavy (non-hydrogen) atoms. The van der Waals surface area contributed by atoms with E-state index in [2.05, 4.69) is 44.3 Å². The summed E-state index contributed by atoms with van der Waals surface area (Å²) < 4.78 is 0. The number of rotatable bonds is 4. The predicted molar refractivity (Wildman–Crippen MR) is 71.1 cm³/mol. The van der Waals surface area contributed by atoms with Gasteiger partial charge in [0.15, 0.2) is 0 Å². The molecule has 0 spiro atoms. The van der Waals surface area contributed by atoms with Gasteiger partial charge in [0.25, 0.3) is 0 Å². The molecule has 0 bridgehead atoms. The van der Waals surface area contributed by atoms with E-state index in [4.69, 9.17) is 0 Å². The van der Waals surface area contributed by atoms with Crippen molar-refractivity contribution in [2.24, 2.45) is 5.92 Å². The summed E-state index contributed by atoms with van der Waals surface area (Å²) in [6.45, 7) is 6.66. The minimum Gasteiger partial charge on any atom is -0.395 e. The van der Waals surface area contributed by atoms with Crippen LogP contribution in [0.2, 0.25) is 0 Å². The number of hydrogen-bond donors (Lipinski definition) is 2. The van der Waals surface area contributed by atoms with Gasteiger partial charge in [0, 0.05) is 12.1 Å². The first-order valence-electron chi connectivity index (χ1n) is 6.58. The van der Waals surface area contributed by atoms with Gasteiger partial charge in [-0.25, -0.2) is 0 Å². The van der Waals surface area contributed by atoms with E-state index in [0.29, 0.717) is 12.0 Å². The molecule has 0 heterocycles. The topological polar surface area (TPSA) is 32.3 Å². The van der Waals surface area contributed by atoms with E-state index in [1.807, 2.05) is 0 Å². The lowest BCUT2D eigenvalue weighted by atomic mass is 10.0. The highest BCUT2D eigenvalue weighted by molar-refractivity contribution is 5.37. The second kappa shape index (κ2) is 5.19. The zero-order valence-electron chi connectivity index (χ0n) is 11.0. The summed E-state index contributed by atoms with van der Waals surface area (Å²) in [5.74, 6) is 0.467. The smallest absolute Gasteiger partial charge is 0.0587 e. The van der Waals surface area contributed by atoms with Crippen LogP contribution in [0.25, 0.3) is 0 Å². The number of aliphatic hydroxyl groups is 1. The molecule has 1 aromatic carbocycles. The van der Waals surface area contributed by atoms with Gasteiger partial charge in [-0.05, 0) is 36.8 Å². The number of aryl methyl sites for hydroxylation is 2. The van der Waals surface area contributed by atoms with E-state index in [0.717, 1.165) is 12.8 Å². The maximum atomic E-state index is 9.40. The summed E-state index contributed by atoms with van der Waals surface area (Å²) in [6, 6.07) is 7.34. The molecular formula is C15H23NO. The van der Waals surface area contributed by atoms with Crippen molar-refractivity contribution in [1.82, 2.24) is 5.32 Å². The summed E-state index contributed by atoms with van der Waals surface area (Å²) in [5, 5.41) is 13.0. The Labute approximate surface area is 104 Å². The second-order valence-electron chi connectivity index (χ2n) is 5.49. The molecule has 0 saturated heterocycles. The average molecular weight is 233 g/mol. The molecule has 2 atom stereocenters. The molecule has 0 radical (unpaired) electrons. The Kier molecular flexibility index (Phi) is 3.85. The normalized spacial score (nSPS) is 20.6. The Bertz CT molecular complexity index is 387. The monoisotopic (exact) mass is 233 g/mol. The highest BCUT2D eigenvalue weighted by atomic mass is 16.3. The first-order chi connectivity index (χ1) is 8.11. The summed E-state index contributed by atoms with van der Waals surface area (Å²) in [5.41, 5.74) is 4.22. The third-order valence-corrected chi connectivity index (χ3v) is 3.80. The molecule has 2 nitrogen and oxygen atoms in total. The van der Waals surface area contributed by atoms with E-state index >= 15 is 0 Å². The molecule has 94 valence electrons. The number of fused-ring (bicyclic) bond motifs is 1. The molecule has 2 heteroatoms. The van der Waals surface area contributed by atoms with Gasteiger partial charge in [0.05, 0.1) is 6.61 Å². The lowest BCUT2D eigenvalue weighted by Gasteiger charge is -2.25. The zero-order valence-corrected chi connectivity index (χ0v) is 11.0. The number of benzene rings is 1. The molecule has 1 aliphatic carbocycles. The highest BCUT2D eigenvalue weighted by Gasteiger charge is 2.25. The molecule has 2 rings (SSSR count). The summed E-state index contributed by atoms with van der Waals surface area (Å²) in [4.78, 5) is 0. The average Bonchev–Trinajstić information content (AvgIpc) is 2.68. The first-order valence-corrected chi connectivity index (χ1v) is 6.58. The Morgan fingerprint density at radius 2 is 2.18 bits per heavy atom. The maximum Gasteiger partial charge on any atom is 0.0587 e. The van der Waals surface area contributed by atoms with E-state index in [-0.39, 0.29) is 12.6 Å². The van der Waals surface area contributed by atoms with Crippen molar-refractivity contribution in [2.75, 3.05) is 6.61 Å². The van der Waals surface area contributed by atoms with Crippen LogP contribution in [0.4, 0.5) is 0 Å². The fraction of sp³-hybridized carbons (Fsp3) is 0.600. The van der Waals surface area contributed by atoms with Gasteiger partial charge in [-0.15, -0.1) is 0 Å². The second-order valence-corrected chi connectivity index (χ2v) is 5.49. The first kappa shape index (κ1) is 12.6. The number of hydrogen-bond acceptors (Lipinski definition) is 2. The Balaban J connectivity index is 2.13. The summed E-state index contributed by atoms with van der Waals surface area (Å²) in [6.07, 6.45) is 2.31. The quantitative estimate of drug-likeness (QED) is 0.838. The Morgan fingerprint density at radius 3 is 2.82 bits per heavy atom. The SMILES string of the molecule is Cc1ccc2c(c1)C(N[C@H](CO)C(C)C)CC2. The molecule has 0 amide bonds. The van der Waals surface area contributed by atoms with Gasteiger partial charge in [-0.2, -0.15) is 0 Å². The van der Waals surface area contributed by atoms with Crippen LogP contribution in [-0.4, -0.2) is 17.8 Å². The molecule has 0 fully saturated rings. The van der Waals surface area contributed by atoms with E-state index in [9.17, 15) is 5.11 Å². The lowest BCUT2D eigenvalue weighted by Crippen LogP contribution is -2.38. The van der Waals surface area contributed by atoms with Crippen LogP contribution in [0.15, 0.2) is 18.2 Å². The van der Waals surface area contributed by atoms with Gasteiger partial charge < -0.3 is 10.4 Å². The van der Waals surface area contributed by atoms with Crippen molar-refractivity contribution < 1.29 is 5.11 Å². The fourth-order valence-electron chi connectivity index (χ4n) is 2.61. The maximum absolute atomic E-state index is 9.40. The van der Waals surface area contributed by atoms with Crippen LogP contribution in [0, 0.1) is 12.8 Å². The van der Waals surface area contributed by atoms with Crippen molar-refractivity contribution in [2.45, 2.75) is 45.7 Å². The van der Waals surface area contributed by atoms with Crippen LogP contribution in [0.1, 0.15) is 43.0 Å². The van der Waals surface area contributed by atoms with Gasteiger partial charge in [-0.3, -0.25) is 0 Å². The van der Waals surface area contributed by atoms with Crippen LogP contribution in [0.3, 0.4) is 0 Å². The minimum atomic E-state index is 0.200. The van der Waals surface area contributed by atoms with Crippen molar-refractivity contribution in [3.05, 3.63) is 34.9 Å². The van der Waals surface area contributed by atoms with Gasteiger partial charge in [0.1, 0.15) is 0 Å². The highest BCUT2D eigenvalue weighted by Crippen LogP contribution is 2.32. The predicted octanol–water partition coefficient (Wildman–Crippen LogP) is 2.59. The van der Waals surface area contributed by atoms with E-state index in [1.165, 1.54) is 16.7 Å². The van der Waals surface area contributed by atoms with Crippen LogP contribution < -0.4 is 5.32 Å². The third kappa shape index (κ3) is 2.70. The zero-order chi connectivity index (χ0) is 12.4. The summed E-state index contributed by atoms with van der Waals surface area (Å²) in [7, 11) is 0. The molecule has 0 aliphatic heterocycles. The van der Waals surface area contributed by atoms with Gasteiger partial charge in [-0.1, -0.05) is 37.6 Å². The van der Waals surface area contributed by atoms with Crippen LogP contribution in [0.5, 0.6) is 0 Å². The molecule has 1 unspecified atom stereocenters. The van der Waals surface area contributed by atoms with Crippen molar-refractivity contribution in [1.29, 1.82) is 0 Å². The Hall–Kier alpha value is -0.860. The number of aliphatic hydroxyl groups excluding tert-OH is 1. The van der Waals surface area contributed by atoms with Crippen LogP contribution >= 0.6 is 0 Å². The van der Waals surface area contributed by atoms with Crippen LogP contribution in [-0.2, 0) is 6.42 Å². The lowest BCUT2D eigenvalue weighted by molar-refractivity contribution is 0.199. The summed E-state index contributed by atoms with van der Waals surface area (Å²) >= 11 is 0. The van der Waals surface area contributed by atoms with Crippen molar-refractivity contribution in [3.63, 3.8) is 0 Å². The fourth-order valence-corrected chi connectivity index (χ4v) is 2.61.